The Hall–Kier alpha value is -3.42. The first-order valence-corrected chi connectivity index (χ1v) is 8.44. The highest BCUT2D eigenvalue weighted by atomic mass is 19.4. The number of nitrogens with one attached hydrogen (secondary N) is 1. The smallest absolute Gasteiger partial charge is 0.426 e. The Labute approximate surface area is 163 Å². The summed E-state index contributed by atoms with van der Waals surface area (Å²) in [6.45, 7) is 0. The highest BCUT2D eigenvalue weighted by Crippen LogP contribution is 2.37. The maximum Gasteiger partial charge on any atom is 0.499 e. The lowest BCUT2D eigenvalue weighted by Gasteiger charge is -2.20. The topological polar surface area (TPSA) is 33.6 Å². The second kappa shape index (κ2) is 8.30. The fraction of sp³-hybridized carbons (Fsp3) is 0.0952. The molecule has 29 heavy (non-hydrogen) atoms. The first-order valence-electron chi connectivity index (χ1n) is 8.44. The molecule has 3 aromatic rings. The number of benzene rings is 3. The van der Waals surface area contributed by atoms with Gasteiger partial charge < -0.3 is 4.74 Å². The zero-order chi connectivity index (χ0) is 20.9. The van der Waals surface area contributed by atoms with Gasteiger partial charge in [0.05, 0.1) is 11.4 Å². The Morgan fingerprint density at radius 2 is 1.17 bits per heavy atom. The van der Waals surface area contributed by atoms with Gasteiger partial charge >= 0.3 is 12.3 Å². The molecule has 0 aromatic heterocycles. The van der Waals surface area contributed by atoms with Gasteiger partial charge in [0.2, 0.25) is 0 Å². The van der Waals surface area contributed by atoms with E-state index in [1.54, 1.807) is 0 Å². The van der Waals surface area contributed by atoms with Crippen LogP contribution in [0.25, 0.3) is 0 Å². The van der Waals surface area contributed by atoms with Crippen molar-refractivity contribution >= 4 is 11.4 Å². The van der Waals surface area contributed by atoms with Crippen molar-refractivity contribution in [1.29, 1.82) is 0 Å². The average molecular weight is 406 g/mol. The van der Waals surface area contributed by atoms with Crippen LogP contribution in [0.1, 0.15) is 11.1 Å². The number of halogens is 5. The largest absolute Gasteiger partial charge is 0.499 e. The zero-order valence-corrected chi connectivity index (χ0v) is 14.8. The van der Waals surface area contributed by atoms with Crippen LogP contribution < -0.4 is 10.2 Å². The molecule has 0 spiro atoms. The Morgan fingerprint density at radius 1 is 0.690 bits per heavy atom. The van der Waals surface area contributed by atoms with E-state index in [0.29, 0.717) is 11.4 Å². The van der Waals surface area contributed by atoms with Gasteiger partial charge in [-0.3, -0.25) is 5.43 Å². The number of alkyl halides is 5. The minimum atomic E-state index is -5.80. The minimum Gasteiger partial charge on any atom is -0.426 e. The normalized spacial score (nSPS) is 11.6. The lowest BCUT2D eigenvalue weighted by atomic mass is 10.0. The van der Waals surface area contributed by atoms with E-state index < -0.39 is 18.0 Å². The van der Waals surface area contributed by atoms with Crippen LogP contribution >= 0.6 is 0 Å². The molecule has 8 heteroatoms. The number of ether oxygens (including phenoxy) is 1. The molecule has 3 aromatic carbocycles. The number of anilines is 1. The quantitative estimate of drug-likeness (QED) is 0.306. The summed E-state index contributed by atoms with van der Waals surface area (Å²) in [4.78, 5) is 0. The van der Waals surface area contributed by atoms with Crippen LogP contribution in [0.15, 0.2) is 90.0 Å². The predicted octanol–water partition coefficient (Wildman–Crippen LogP) is 6.09. The number of nitrogens with zero attached hydrogens (tertiary/aromatic N) is 1. The summed E-state index contributed by atoms with van der Waals surface area (Å²) >= 11 is 0. The van der Waals surface area contributed by atoms with Crippen LogP contribution in [-0.2, 0) is 0 Å². The Balaban J connectivity index is 1.80. The van der Waals surface area contributed by atoms with Gasteiger partial charge in [0.15, 0.2) is 0 Å². The van der Waals surface area contributed by atoms with Crippen molar-refractivity contribution in [2.45, 2.75) is 12.3 Å². The van der Waals surface area contributed by atoms with Crippen molar-refractivity contribution in [1.82, 2.24) is 0 Å². The number of hydrogen-bond donors (Lipinski definition) is 1. The third-order valence-corrected chi connectivity index (χ3v) is 3.82. The van der Waals surface area contributed by atoms with Gasteiger partial charge in [-0.05, 0) is 24.3 Å². The maximum atomic E-state index is 13.0. The molecule has 0 aliphatic rings. The van der Waals surface area contributed by atoms with Gasteiger partial charge in [-0.15, -0.1) is 0 Å². The first kappa shape index (κ1) is 20.3. The third-order valence-electron chi connectivity index (χ3n) is 3.82. The van der Waals surface area contributed by atoms with E-state index in [9.17, 15) is 22.0 Å². The van der Waals surface area contributed by atoms with E-state index in [1.807, 2.05) is 60.7 Å². The van der Waals surface area contributed by atoms with Gasteiger partial charge in [-0.2, -0.15) is 27.1 Å². The molecule has 3 nitrogen and oxygen atoms in total. The van der Waals surface area contributed by atoms with Gasteiger partial charge in [0.25, 0.3) is 0 Å². The predicted molar refractivity (Wildman–Crippen MR) is 100 cm³/mol. The van der Waals surface area contributed by atoms with E-state index in [2.05, 4.69) is 15.3 Å². The molecule has 3 rings (SSSR count). The highest BCUT2D eigenvalue weighted by molar-refractivity contribution is 6.13. The monoisotopic (exact) mass is 406 g/mol. The van der Waals surface area contributed by atoms with E-state index in [0.717, 1.165) is 23.3 Å². The Morgan fingerprint density at radius 3 is 1.62 bits per heavy atom. The summed E-state index contributed by atoms with van der Waals surface area (Å²) < 4.78 is 66.4. The van der Waals surface area contributed by atoms with Crippen LogP contribution in [0.4, 0.5) is 27.6 Å². The molecule has 0 unspecified atom stereocenters. The Kier molecular flexibility index (Phi) is 5.81. The van der Waals surface area contributed by atoms with Crippen molar-refractivity contribution in [3.63, 3.8) is 0 Å². The van der Waals surface area contributed by atoms with E-state index >= 15 is 0 Å². The average Bonchev–Trinajstić information content (AvgIpc) is 2.70. The van der Waals surface area contributed by atoms with Crippen LogP contribution in [0, 0.1) is 0 Å². The van der Waals surface area contributed by atoms with Gasteiger partial charge in [0.1, 0.15) is 5.75 Å². The van der Waals surface area contributed by atoms with Crippen LogP contribution in [-0.4, -0.2) is 18.0 Å². The summed E-state index contributed by atoms with van der Waals surface area (Å²) in [5, 5.41) is 4.38. The third kappa shape index (κ3) is 5.10. The molecule has 150 valence electrons. The van der Waals surface area contributed by atoms with E-state index in [4.69, 9.17) is 0 Å². The second-order valence-electron chi connectivity index (χ2n) is 5.95. The SMILES string of the molecule is FC(F)(F)C(F)(F)Oc1ccc(NN=C(c2ccccc2)c2ccccc2)cc1. The summed E-state index contributed by atoms with van der Waals surface area (Å²) in [5.74, 6) is -0.617. The standard InChI is InChI=1S/C21H15F5N2O/c22-20(23,24)21(25,26)29-18-13-11-17(12-14-18)27-28-19(15-7-3-1-4-8-15)16-9-5-2-6-10-16/h1-14,27H. The Bertz CT molecular complexity index is 914. The fourth-order valence-corrected chi connectivity index (χ4v) is 2.41. The summed E-state index contributed by atoms with van der Waals surface area (Å²) in [6, 6.07) is 23.3. The van der Waals surface area contributed by atoms with Crippen molar-refractivity contribution < 1.29 is 26.7 Å². The van der Waals surface area contributed by atoms with E-state index in [1.165, 1.54) is 12.1 Å². The second-order valence-corrected chi connectivity index (χ2v) is 5.95. The van der Waals surface area contributed by atoms with Crippen molar-refractivity contribution in [2.24, 2.45) is 5.10 Å². The molecule has 0 amide bonds. The first-order chi connectivity index (χ1) is 13.8. The van der Waals surface area contributed by atoms with Crippen LogP contribution in [0.5, 0.6) is 5.75 Å². The van der Waals surface area contributed by atoms with E-state index in [-0.39, 0.29) is 0 Å². The maximum absolute atomic E-state index is 13.0. The summed E-state index contributed by atoms with van der Waals surface area (Å²) in [6.07, 6.45) is -11.1. The molecule has 0 saturated heterocycles. The molecule has 0 aliphatic carbocycles. The van der Waals surface area contributed by atoms with Crippen molar-refractivity contribution in [2.75, 3.05) is 5.43 Å². The molecule has 1 N–H and O–H groups in total. The molecule has 0 saturated carbocycles. The minimum absolute atomic E-state index is 0.386. The fourth-order valence-electron chi connectivity index (χ4n) is 2.41. The number of hydrazone groups is 1. The number of hydrogen-bond acceptors (Lipinski definition) is 3. The van der Waals surface area contributed by atoms with Gasteiger partial charge in [0, 0.05) is 11.1 Å². The summed E-state index contributed by atoms with van der Waals surface area (Å²) in [5.41, 5.74) is 5.49. The van der Waals surface area contributed by atoms with Crippen LogP contribution in [0.2, 0.25) is 0 Å². The molecular formula is C21H15F5N2O. The molecule has 0 fully saturated rings. The van der Waals surface area contributed by atoms with Gasteiger partial charge in [-0.25, -0.2) is 0 Å². The zero-order valence-electron chi connectivity index (χ0n) is 14.8. The molecule has 0 atom stereocenters. The van der Waals surface area contributed by atoms with Crippen molar-refractivity contribution in [3.05, 3.63) is 96.1 Å². The lowest BCUT2D eigenvalue weighted by Crippen LogP contribution is -2.41. The van der Waals surface area contributed by atoms with Crippen molar-refractivity contribution in [3.8, 4) is 5.75 Å². The van der Waals surface area contributed by atoms with Gasteiger partial charge in [-0.1, -0.05) is 60.7 Å². The number of rotatable bonds is 6. The molecular weight excluding hydrogens is 391 g/mol. The summed E-state index contributed by atoms with van der Waals surface area (Å²) in [7, 11) is 0. The molecule has 0 heterocycles. The molecule has 0 radical (unpaired) electrons. The lowest BCUT2D eigenvalue weighted by molar-refractivity contribution is -0.360. The molecule has 0 bridgehead atoms. The highest BCUT2D eigenvalue weighted by Gasteiger charge is 2.61. The van der Waals surface area contributed by atoms with Crippen LogP contribution in [0.3, 0.4) is 0 Å². The molecule has 0 aliphatic heterocycles.